The SMILES string of the molecule is Cc1cc(C)c2c(c1)C(Nc1nc(C)nc(N)n1)CCC2. The Bertz CT molecular complexity index is 660. The number of nitrogens with zero attached hydrogens (tertiary/aromatic N) is 3. The molecule has 1 aromatic carbocycles. The zero-order valence-electron chi connectivity index (χ0n) is 12.8. The molecule has 0 aliphatic heterocycles. The van der Waals surface area contributed by atoms with Gasteiger partial charge >= 0.3 is 0 Å². The van der Waals surface area contributed by atoms with Gasteiger partial charge in [-0.25, -0.2) is 0 Å². The van der Waals surface area contributed by atoms with Gasteiger partial charge < -0.3 is 11.1 Å². The maximum atomic E-state index is 5.71. The van der Waals surface area contributed by atoms with E-state index >= 15 is 0 Å². The first-order valence-corrected chi connectivity index (χ1v) is 7.37. The average Bonchev–Trinajstić information content (AvgIpc) is 2.38. The maximum absolute atomic E-state index is 5.71. The Morgan fingerprint density at radius 3 is 2.71 bits per heavy atom. The van der Waals surface area contributed by atoms with E-state index in [9.17, 15) is 0 Å². The molecule has 2 aromatic rings. The van der Waals surface area contributed by atoms with E-state index in [-0.39, 0.29) is 12.0 Å². The number of rotatable bonds is 2. The van der Waals surface area contributed by atoms with Gasteiger partial charge in [-0.1, -0.05) is 17.7 Å². The first kappa shape index (κ1) is 13.8. The number of nitrogens with one attached hydrogen (secondary N) is 1. The highest BCUT2D eigenvalue weighted by Gasteiger charge is 2.22. The standard InChI is InChI=1S/C16H21N5/c1-9-7-10(2)12-5-4-6-14(13(12)8-9)20-16-19-11(3)18-15(17)21-16/h7-8,14H,4-6H2,1-3H3,(H3,17,18,19,20,21). The van der Waals surface area contributed by atoms with Gasteiger partial charge in [-0.3, -0.25) is 0 Å². The van der Waals surface area contributed by atoms with Crippen LogP contribution in [0.1, 0.15) is 47.0 Å². The second-order valence-corrected chi connectivity index (χ2v) is 5.80. The fourth-order valence-electron chi connectivity index (χ4n) is 3.19. The van der Waals surface area contributed by atoms with Crippen molar-refractivity contribution in [1.82, 2.24) is 15.0 Å². The van der Waals surface area contributed by atoms with E-state index in [0.29, 0.717) is 11.8 Å². The molecule has 110 valence electrons. The number of benzene rings is 1. The Kier molecular flexibility index (Phi) is 3.49. The Morgan fingerprint density at radius 2 is 1.95 bits per heavy atom. The average molecular weight is 283 g/mol. The molecule has 21 heavy (non-hydrogen) atoms. The summed E-state index contributed by atoms with van der Waals surface area (Å²) in [5, 5.41) is 3.43. The summed E-state index contributed by atoms with van der Waals surface area (Å²) in [6.45, 7) is 6.16. The Labute approximate surface area is 125 Å². The number of nitrogen functional groups attached to an aromatic ring is 1. The monoisotopic (exact) mass is 283 g/mol. The fraction of sp³-hybridized carbons (Fsp3) is 0.438. The number of anilines is 2. The number of fused-ring (bicyclic) bond motifs is 1. The predicted molar refractivity (Wildman–Crippen MR) is 84.2 cm³/mol. The van der Waals surface area contributed by atoms with Crippen molar-refractivity contribution in [1.29, 1.82) is 0 Å². The molecule has 0 bridgehead atoms. The molecular weight excluding hydrogens is 262 g/mol. The van der Waals surface area contributed by atoms with Crippen molar-refractivity contribution in [2.24, 2.45) is 0 Å². The fourth-order valence-corrected chi connectivity index (χ4v) is 3.19. The second kappa shape index (κ2) is 5.31. The first-order chi connectivity index (χ1) is 10.0. The lowest BCUT2D eigenvalue weighted by Gasteiger charge is -2.28. The van der Waals surface area contributed by atoms with E-state index in [4.69, 9.17) is 5.73 Å². The van der Waals surface area contributed by atoms with Crippen molar-refractivity contribution in [2.75, 3.05) is 11.1 Å². The lowest BCUT2D eigenvalue weighted by atomic mass is 9.84. The van der Waals surface area contributed by atoms with Gasteiger partial charge in [0.05, 0.1) is 6.04 Å². The third-order valence-corrected chi connectivity index (χ3v) is 4.01. The van der Waals surface area contributed by atoms with Crippen LogP contribution in [0.15, 0.2) is 12.1 Å². The molecule has 0 amide bonds. The zero-order valence-corrected chi connectivity index (χ0v) is 12.8. The van der Waals surface area contributed by atoms with Gasteiger partial charge in [-0.15, -0.1) is 0 Å². The smallest absolute Gasteiger partial charge is 0.228 e. The molecule has 1 heterocycles. The van der Waals surface area contributed by atoms with E-state index in [0.717, 1.165) is 12.8 Å². The van der Waals surface area contributed by atoms with E-state index < -0.39 is 0 Å². The Morgan fingerprint density at radius 1 is 1.14 bits per heavy atom. The van der Waals surface area contributed by atoms with Crippen molar-refractivity contribution in [3.05, 3.63) is 40.2 Å². The van der Waals surface area contributed by atoms with Crippen LogP contribution in [0.25, 0.3) is 0 Å². The van der Waals surface area contributed by atoms with Crippen molar-refractivity contribution in [3.8, 4) is 0 Å². The molecule has 0 radical (unpaired) electrons. The summed E-state index contributed by atoms with van der Waals surface area (Å²) in [5.41, 5.74) is 11.2. The van der Waals surface area contributed by atoms with Gasteiger partial charge in [0.15, 0.2) is 0 Å². The molecule has 3 N–H and O–H groups in total. The van der Waals surface area contributed by atoms with E-state index in [1.165, 1.54) is 28.7 Å². The Balaban J connectivity index is 1.95. The summed E-state index contributed by atoms with van der Waals surface area (Å²) in [6, 6.07) is 4.77. The highest BCUT2D eigenvalue weighted by atomic mass is 15.2. The van der Waals surface area contributed by atoms with Crippen molar-refractivity contribution in [2.45, 2.75) is 46.1 Å². The van der Waals surface area contributed by atoms with Crippen LogP contribution in [-0.2, 0) is 6.42 Å². The van der Waals surface area contributed by atoms with Gasteiger partial charge in [-0.2, -0.15) is 15.0 Å². The van der Waals surface area contributed by atoms with E-state index in [1.807, 2.05) is 6.92 Å². The molecule has 3 rings (SSSR count). The second-order valence-electron chi connectivity index (χ2n) is 5.80. The third-order valence-electron chi connectivity index (χ3n) is 4.01. The molecule has 1 aliphatic rings. The number of hydrogen-bond donors (Lipinski definition) is 2. The molecular formula is C16H21N5. The van der Waals surface area contributed by atoms with Gasteiger partial charge in [0.25, 0.3) is 0 Å². The zero-order chi connectivity index (χ0) is 15.0. The van der Waals surface area contributed by atoms with Crippen LogP contribution >= 0.6 is 0 Å². The van der Waals surface area contributed by atoms with Gasteiger partial charge in [-0.05, 0) is 56.7 Å². The van der Waals surface area contributed by atoms with Crippen LogP contribution in [0, 0.1) is 20.8 Å². The van der Waals surface area contributed by atoms with Crippen LogP contribution in [0.2, 0.25) is 0 Å². The van der Waals surface area contributed by atoms with Crippen LogP contribution in [-0.4, -0.2) is 15.0 Å². The summed E-state index contributed by atoms with van der Waals surface area (Å²) in [5.74, 6) is 1.47. The van der Waals surface area contributed by atoms with Crippen LogP contribution in [0.4, 0.5) is 11.9 Å². The molecule has 0 fully saturated rings. The summed E-state index contributed by atoms with van der Waals surface area (Å²) >= 11 is 0. The minimum absolute atomic E-state index is 0.244. The molecule has 5 heteroatoms. The number of aryl methyl sites for hydroxylation is 3. The van der Waals surface area contributed by atoms with Gasteiger partial charge in [0, 0.05) is 0 Å². The van der Waals surface area contributed by atoms with Crippen molar-refractivity contribution >= 4 is 11.9 Å². The van der Waals surface area contributed by atoms with Crippen molar-refractivity contribution < 1.29 is 0 Å². The molecule has 1 unspecified atom stereocenters. The largest absolute Gasteiger partial charge is 0.368 e. The van der Waals surface area contributed by atoms with Gasteiger partial charge in [0.1, 0.15) is 5.82 Å². The highest BCUT2D eigenvalue weighted by molar-refractivity contribution is 5.45. The quantitative estimate of drug-likeness (QED) is 0.886. The maximum Gasteiger partial charge on any atom is 0.228 e. The Hall–Kier alpha value is -2.17. The lowest BCUT2D eigenvalue weighted by molar-refractivity contribution is 0.593. The number of hydrogen-bond acceptors (Lipinski definition) is 5. The molecule has 0 saturated heterocycles. The molecule has 1 atom stereocenters. The molecule has 1 aromatic heterocycles. The predicted octanol–water partition coefficient (Wildman–Crippen LogP) is 2.87. The van der Waals surface area contributed by atoms with E-state index in [1.54, 1.807) is 0 Å². The normalized spacial score (nSPS) is 17.4. The summed E-state index contributed by atoms with van der Waals surface area (Å²) in [4.78, 5) is 12.5. The minimum atomic E-state index is 0.244. The lowest BCUT2D eigenvalue weighted by Crippen LogP contribution is -2.20. The molecule has 0 spiro atoms. The molecule has 5 nitrogen and oxygen atoms in total. The van der Waals surface area contributed by atoms with Crippen LogP contribution < -0.4 is 11.1 Å². The number of aromatic nitrogens is 3. The molecule has 1 aliphatic carbocycles. The van der Waals surface area contributed by atoms with Crippen LogP contribution in [0.5, 0.6) is 0 Å². The highest BCUT2D eigenvalue weighted by Crippen LogP contribution is 2.34. The van der Waals surface area contributed by atoms with E-state index in [2.05, 4.69) is 46.2 Å². The summed E-state index contributed by atoms with van der Waals surface area (Å²) < 4.78 is 0. The van der Waals surface area contributed by atoms with Crippen molar-refractivity contribution in [3.63, 3.8) is 0 Å². The minimum Gasteiger partial charge on any atom is -0.368 e. The topological polar surface area (TPSA) is 76.7 Å². The summed E-state index contributed by atoms with van der Waals surface area (Å²) in [7, 11) is 0. The van der Waals surface area contributed by atoms with Gasteiger partial charge in [0.2, 0.25) is 11.9 Å². The summed E-state index contributed by atoms with van der Waals surface area (Å²) in [6.07, 6.45) is 3.41. The van der Waals surface area contributed by atoms with Crippen LogP contribution in [0.3, 0.4) is 0 Å². The third kappa shape index (κ3) is 2.82. The number of nitrogens with two attached hydrogens (primary N) is 1. The molecule has 0 saturated carbocycles. The first-order valence-electron chi connectivity index (χ1n) is 7.37.